The van der Waals surface area contributed by atoms with Gasteiger partial charge < -0.3 is 5.32 Å². The number of benzene rings is 1. The third kappa shape index (κ3) is 5.94. The molecule has 1 amide bonds. The third-order valence-corrected chi connectivity index (χ3v) is 6.21. The van der Waals surface area contributed by atoms with Gasteiger partial charge in [0.05, 0.1) is 11.5 Å². The summed E-state index contributed by atoms with van der Waals surface area (Å²) in [6.45, 7) is 2.52. The Bertz CT molecular complexity index is 628. The van der Waals surface area contributed by atoms with Crippen LogP contribution in [-0.4, -0.2) is 32.4 Å². The summed E-state index contributed by atoms with van der Waals surface area (Å²) in [6, 6.07) is 6.21. The van der Waals surface area contributed by atoms with E-state index in [4.69, 9.17) is 0 Å². The molecule has 1 aliphatic rings. The molecule has 0 bridgehead atoms. The number of hydrogen-bond donors (Lipinski definition) is 1. The maximum Gasteiger partial charge on any atom is 0.220 e. The van der Waals surface area contributed by atoms with Crippen molar-refractivity contribution in [1.82, 2.24) is 5.32 Å². The SMILES string of the molecule is CC(CC(=O)NCCCC1CCS(=O)(=O)C1)c1ccc(F)cc1. The molecule has 1 aliphatic heterocycles. The zero-order valence-electron chi connectivity index (χ0n) is 13.4. The average Bonchev–Trinajstić information content (AvgIpc) is 2.83. The van der Waals surface area contributed by atoms with Gasteiger partial charge in [0, 0.05) is 13.0 Å². The van der Waals surface area contributed by atoms with E-state index in [-0.39, 0.29) is 23.6 Å². The van der Waals surface area contributed by atoms with Gasteiger partial charge in [-0.2, -0.15) is 0 Å². The largest absolute Gasteiger partial charge is 0.356 e. The quantitative estimate of drug-likeness (QED) is 0.776. The van der Waals surface area contributed by atoms with E-state index in [1.807, 2.05) is 6.92 Å². The molecule has 6 heteroatoms. The first-order chi connectivity index (χ1) is 10.9. The van der Waals surface area contributed by atoms with E-state index in [1.165, 1.54) is 12.1 Å². The zero-order valence-corrected chi connectivity index (χ0v) is 14.2. The molecule has 0 aromatic heterocycles. The van der Waals surface area contributed by atoms with Gasteiger partial charge >= 0.3 is 0 Å². The van der Waals surface area contributed by atoms with Gasteiger partial charge in [-0.15, -0.1) is 0 Å². The Hall–Kier alpha value is -1.43. The summed E-state index contributed by atoms with van der Waals surface area (Å²) in [5.41, 5.74) is 0.942. The topological polar surface area (TPSA) is 63.2 Å². The number of rotatable bonds is 7. The number of halogens is 1. The van der Waals surface area contributed by atoms with Crippen LogP contribution in [0.5, 0.6) is 0 Å². The van der Waals surface area contributed by atoms with Crippen molar-refractivity contribution in [2.45, 2.75) is 38.5 Å². The van der Waals surface area contributed by atoms with Crippen LogP contribution in [0.2, 0.25) is 0 Å². The molecular weight excluding hydrogens is 317 g/mol. The predicted octanol–water partition coefficient (Wildman–Crippen LogP) is 2.65. The molecule has 0 aliphatic carbocycles. The van der Waals surface area contributed by atoms with Gasteiger partial charge in [-0.05, 0) is 48.8 Å². The lowest BCUT2D eigenvalue weighted by Crippen LogP contribution is -2.26. The molecule has 4 nitrogen and oxygen atoms in total. The van der Waals surface area contributed by atoms with Crippen LogP contribution in [0.4, 0.5) is 4.39 Å². The molecule has 1 aromatic rings. The van der Waals surface area contributed by atoms with E-state index in [9.17, 15) is 17.6 Å². The van der Waals surface area contributed by atoms with Gasteiger partial charge in [-0.25, -0.2) is 12.8 Å². The molecule has 0 saturated carbocycles. The van der Waals surface area contributed by atoms with Crippen molar-refractivity contribution >= 4 is 15.7 Å². The van der Waals surface area contributed by atoms with Gasteiger partial charge in [-0.3, -0.25) is 4.79 Å². The Morgan fingerprint density at radius 3 is 2.65 bits per heavy atom. The molecule has 2 unspecified atom stereocenters. The molecule has 1 aromatic carbocycles. The maximum absolute atomic E-state index is 12.9. The smallest absolute Gasteiger partial charge is 0.220 e. The monoisotopic (exact) mass is 341 g/mol. The van der Waals surface area contributed by atoms with Crippen LogP contribution in [0, 0.1) is 11.7 Å². The summed E-state index contributed by atoms with van der Waals surface area (Å²) in [5, 5.41) is 2.88. The van der Waals surface area contributed by atoms with Crippen molar-refractivity contribution < 1.29 is 17.6 Å². The van der Waals surface area contributed by atoms with Crippen LogP contribution in [0.1, 0.15) is 44.1 Å². The van der Waals surface area contributed by atoms with Crippen LogP contribution in [-0.2, 0) is 14.6 Å². The third-order valence-electron chi connectivity index (χ3n) is 4.37. The molecular formula is C17H24FNO3S. The van der Waals surface area contributed by atoms with E-state index in [2.05, 4.69) is 5.32 Å². The average molecular weight is 341 g/mol. The van der Waals surface area contributed by atoms with E-state index < -0.39 is 9.84 Å². The Morgan fingerprint density at radius 2 is 2.04 bits per heavy atom. The summed E-state index contributed by atoms with van der Waals surface area (Å²) in [5.74, 6) is 0.577. The van der Waals surface area contributed by atoms with Crippen molar-refractivity contribution in [1.29, 1.82) is 0 Å². The Morgan fingerprint density at radius 1 is 1.35 bits per heavy atom. The standard InChI is InChI=1S/C17H24FNO3S/c1-13(15-4-6-16(18)7-5-15)11-17(20)19-9-2-3-14-8-10-23(21,22)12-14/h4-7,13-14H,2-3,8-12H2,1H3,(H,19,20). The number of amides is 1. The zero-order chi connectivity index (χ0) is 16.9. The first-order valence-electron chi connectivity index (χ1n) is 8.08. The minimum absolute atomic E-state index is 0.0270. The summed E-state index contributed by atoms with van der Waals surface area (Å²) < 4.78 is 35.6. The van der Waals surface area contributed by atoms with Crippen LogP contribution < -0.4 is 5.32 Å². The second-order valence-electron chi connectivity index (χ2n) is 6.42. The number of carbonyl (C=O) groups is 1. The second-order valence-corrected chi connectivity index (χ2v) is 8.65. The van der Waals surface area contributed by atoms with E-state index in [0.29, 0.717) is 24.5 Å². The predicted molar refractivity (Wildman–Crippen MR) is 88.4 cm³/mol. The molecule has 2 atom stereocenters. The number of nitrogens with one attached hydrogen (secondary N) is 1. The van der Waals surface area contributed by atoms with Gasteiger partial charge in [0.15, 0.2) is 9.84 Å². The lowest BCUT2D eigenvalue weighted by Gasteiger charge is -2.13. The minimum Gasteiger partial charge on any atom is -0.356 e. The molecule has 0 spiro atoms. The highest BCUT2D eigenvalue weighted by molar-refractivity contribution is 7.91. The van der Waals surface area contributed by atoms with Crippen molar-refractivity contribution in [3.05, 3.63) is 35.6 Å². The summed E-state index contributed by atoms with van der Waals surface area (Å²) in [6.07, 6.45) is 2.76. The lowest BCUT2D eigenvalue weighted by atomic mass is 9.97. The van der Waals surface area contributed by atoms with Gasteiger partial charge in [0.1, 0.15) is 5.82 Å². The van der Waals surface area contributed by atoms with Crippen LogP contribution in [0.25, 0.3) is 0 Å². The van der Waals surface area contributed by atoms with Crippen LogP contribution in [0.15, 0.2) is 24.3 Å². The molecule has 1 fully saturated rings. The minimum atomic E-state index is -2.81. The molecule has 2 rings (SSSR count). The van der Waals surface area contributed by atoms with Crippen LogP contribution in [0.3, 0.4) is 0 Å². The molecule has 1 saturated heterocycles. The molecule has 128 valence electrons. The summed E-state index contributed by atoms with van der Waals surface area (Å²) in [4.78, 5) is 11.9. The lowest BCUT2D eigenvalue weighted by molar-refractivity contribution is -0.121. The fourth-order valence-corrected chi connectivity index (χ4v) is 4.89. The highest BCUT2D eigenvalue weighted by atomic mass is 32.2. The van der Waals surface area contributed by atoms with Gasteiger partial charge in [-0.1, -0.05) is 19.1 Å². The maximum atomic E-state index is 12.9. The Kier molecular flexibility index (Phi) is 6.16. The highest BCUT2D eigenvalue weighted by Gasteiger charge is 2.27. The van der Waals surface area contributed by atoms with Gasteiger partial charge in [0.2, 0.25) is 5.91 Å². The summed E-state index contributed by atoms with van der Waals surface area (Å²) >= 11 is 0. The fourth-order valence-electron chi connectivity index (χ4n) is 2.98. The van der Waals surface area contributed by atoms with E-state index in [1.54, 1.807) is 12.1 Å². The number of hydrogen-bond acceptors (Lipinski definition) is 3. The van der Waals surface area contributed by atoms with Crippen molar-refractivity contribution in [3.63, 3.8) is 0 Å². The summed E-state index contributed by atoms with van der Waals surface area (Å²) in [7, 11) is -2.81. The molecule has 1 heterocycles. The molecule has 1 N–H and O–H groups in total. The molecule has 23 heavy (non-hydrogen) atoms. The number of carbonyl (C=O) groups excluding carboxylic acids is 1. The number of sulfone groups is 1. The Labute approximate surface area is 137 Å². The van der Waals surface area contributed by atoms with Crippen molar-refractivity contribution in [3.8, 4) is 0 Å². The van der Waals surface area contributed by atoms with E-state index >= 15 is 0 Å². The highest BCUT2D eigenvalue weighted by Crippen LogP contribution is 2.22. The van der Waals surface area contributed by atoms with Crippen molar-refractivity contribution in [2.75, 3.05) is 18.1 Å². The van der Waals surface area contributed by atoms with Gasteiger partial charge in [0.25, 0.3) is 0 Å². The van der Waals surface area contributed by atoms with E-state index in [0.717, 1.165) is 24.8 Å². The molecule has 0 radical (unpaired) electrons. The first kappa shape index (κ1) is 17.9. The first-order valence-corrected chi connectivity index (χ1v) is 9.90. The van der Waals surface area contributed by atoms with Crippen LogP contribution >= 0.6 is 0 Å². The Balaban J connectivity index is 1.64. The second kappa shape index (κ2) is 7.90. The normalized spacial score (nSPS) is 21.0. The fraction of sp³-hybridized carbons (Fsp3) is 0.588. The van der Waals surface area contributed by atoms with Crippen molar-refractivity contribution in [2.24, 2.45) is 5.92 Å².